The highest BCUT2D eigenvalue weighted by molar-refractivity contribution is 5.83. The van der Waals surface area contributed by atoms with Gasteiger partial charge in [0.25, 0.3) is 0 Å². The summed E-state index contributed by atoms with van der Waals surface area (Å²) in [7, 11) is 4.01. The lowest BCUT2D eigenvalue weighted by atomic mass is 10.2. The molecule has 3 heterocycles. The van der Waals surface area contributed by atoms with Crippen LogP contribution >= 0.6 is 0 Å². The number of rotatable bonds is 3. The molecule has 2 aromatic rings. The molecule has 30 heavy (non-hydrogen) atoms. The van der Waals surface area contributed by atoms with E-state index >= 15 is 0 Å². The first kappa shape index (κ1) is 20.0. The molecular formula is C21H25FN8. The highest BCUT2D eigenvalue weighted by atomic mass is 19.1. The Kier molecular flexibility index (Phi) is 5.77. The minimum absolute atomic E-state index is 0.0277. The first-order valence-electron chi connectivity index (χ1n) is 9.97. The van der Waals surface area contributed by atoms with Crippen LogP contribution in [-0.4, -0.2) is 77.0 Å². The summed E-state index contributed by atoms with van der Waals surface area (Å²) in [5.74, 6) is 6.71. The fourth-order valence-corrected chi connectivity index (χ4v) is 3.40. The van der Waals surface area contributed by atoms with E-state index in [1.165, 1.54) is 6.07 Å². The molecule has 1 fully saturated rings. The van der Waals surface area contributed by atoms with Crippen LogP contribution in [0, 0.1) is 17.7 Å². The maximum absolute atomic E-state index is 13.9. The number of likely N-dealkylation sites (N-methyl/N-ethyl adjacent to an activating group) is 1. The number of halogens is 1. The molecule has 9 heteroatoms. The number of hydrogen-bond donors (Lipinski definition) is 1. The fourth-order valence-electron chi connectivity index (χ4n) is 3.40. The number of hydrazone groups is 1. The third-order valence-corrected chi connectivity index (χ3v) is 5.16. The third kappa shape index (κ3) is 4.66. The van der Waals surface area contributed by atoms with E-state index in [9.17, 15) is 4.39 Å². The first-order valence-corrected chi connectivity index (χ1v) is 9.97. The molecule has 1 saturated heterocycles. The zero-order valence-electron chi connectivity index (χ0n) is 17.4. The Labute approximate surface area is 175 Å². The SMILES string of the molecule is CC1=NN(C)C(Nc2nc(C#Cc3ccccc3F)nc(N3CCN(C)CC3)n2)C1. The Morgan fingerprint density at radius 1 is 1.03 bits per heavy atom. The van der Waals surface area contributed by atoms with E-state index in [1.54, 1.807) is 18.2 Å². The number of piperazine rings is 1. The van der Waals surface area contributed by atoms with Crippen LogP contribution in [0.4, 0.5) is 16.3 Å². The lowest BCUT2D eigenvalue weighted by molar-refractivity contribution is 0.308. The second-order valence-electron chi connectivity index (χ2n) is 7.58. The molecule has 0 saturated carbocycles. The van der Waals surface area contributed by atoms with Gasteiger partial charge in [-0.15, -0.1) is 0 Å². The lowest BCUT2D eigenvalue weighted by Gasteiger charge is -2.32. The van der Waals surface area contributed by atoms with Crippen molar-refractivity contribution in [3.63, 3.8) is 0 Å². The van der Waals surface area contributed by atoms with Crippen LogP contribution in [0.25, 0.3) is 0 Å². The van der Waals surface area contributed by atoms with Crippen molar-refractivity contribution in [2.45, 2.75) is 19.5 Å². The van der Waals surface area contributed by atoms with Crippen LogP contribution in [0.15, 0.2) is 29.4 Å². The largest absolute Gasteiger partial charge is 0.338 e. The summed E-state index contributed by atoms with van der Waals surface area (Å²) in [6.07, 6.45) is 0.752. The number of anilines is 2. The molecule has 0 bridgehead atoms. The highest BCUT2D eigenvalue weighted by Gasteiger charge is 2.23. The van der Waals surface area contributed by atoms with E-state index in [2.05, 4.69) is 54.1 Å². The Hall–Kier alpha value is -3.25. The van der Waals surface area contributed by atoms with Gasteiger partial charge in [0.1, 0.15) is 12.0 Å². The molecular weight excluding hydrogens is 383 g/mol. The molecule has 0 spiro atoms. The van der Waals surface area contributed by atoms with Crippen LogP contribution in [0.5, 0.6) is 0 Å². The highest BCUT2D eigenvalue weighted by Crippen LogP contribution is 2.18. The van der Waals surface area contributed by atoms with E-state index in [0.29, 0.717) is 23.3 Å². The van der Waals surface area contributed by atoms with Crippen molar-refractivity contribution in [1.29, 1.82) is 0 Å². The van der Waals surface area contributed by atoms with Gasteiger partial charge in [0.15, 0.2) is 0 Å². The van der Waals surface area contributed by atoms with Crippen molar-refractivity contribution in [3.8, 4) is 11.8 Å². The zero-order valence-corrected chi connectivity index (χ0v) is 17.4. The van der Waals surface area contributed by atoms with Crippen molar-refractivity contribution in [3.05, 3.63) is 41.5 Å². The molecule has 0 amide bonds. The quantitative estimate of drug-likeness (QED) is 0.774. The summed E-state index contributed by atoms with van der Waals surface area (Å²) < 4.78 is 13.9. The minimum atomic E-state index is -0.364. The monoisotopic (exact) mass is 408 g/mol. The van der Waals surface area contributed by atoms with Gasteiger partial charge in [-0.05, 0) is 32.0 Å². The zero-order chi connectivity index (χ0) is 21.1. The summed E-state index contributed by atoms with van der Waals surface area (Å²) >= 11 is 0. The number of nitrogens with zero attached hydrogens (tertiary/aromatic N) is 7. The smallest absolute Gasteiger partial charge is 0.231 e. The Bertz CT molecular complexity index is 1000. The Morgan fingerprint density at radius 3 is 2.50 bits per heavy atom. The molecule has 1 atom stereocenters. The molecule has 2 aliphatic heterocycles. The number of nitrogens with one attached hydrogen (secondary N) is 1. The summed E-state index contributed by atoms with van der Waals surface area (Å²) in [6, 6.07) is 6.41. The number of aromatic nitrogens is 3. The van der Waals surface area contributed by atoms with Gasteiger partial charge < -0.3 is 15.1 Å². The van der Waals surface area contributed by atoms with E-state index in [0.717, 1.165) is 38.3 Å². The average molecular weight is 408 g/mol. The van der Waals surface area contributed by atoms with Gasteiger partial charge in [-0.2, -0.15) is 20.1 Å². The maximum atomic E-state index is 13.9. The van der Waals surface area contributed by atoms with Crippen molar-refractivity contribution >= 4 is 17.6 Å². The van der Waals surface area contributed by atoms with E-state index in [4.69, 9.17) is 0 Å². The summed E-state index contributed by atoms with van der Waals surface area (Å²) in [6.45, 7) is 5.51. The van der Waals surface area contributed by atoms with E-state index < -0.39 is 0 Å². The van der Waals surface area contributed by atoms with Crippen LogP contribution in [0.2, 0.25) is 0 Å². The topological polar surface area (TPSA) is 72.8 Å². The van der Waals surface area contributed by atoms with Gasteiger partial charge in [0, 0.05) is 45.4 Å². The van der Waals surface area contributed by atoms with Crippen molar-refractivity contribution in [2.75, 3.05) is 50.5 Å². The average Bonchev–Trinajstić information content (AvgIpc) is 3.04. The molecule has 1 aromatic heterocycles. The van der Waals surface area contributed by atoms with Crippen LogP contribution in [-0.2, 0) is 0 Å². The van der Waals surface area contributed by atoms with E-state index in [1.807, 2.05) is 19.0 Å². The molecule has 0 radical (unpaired) electrons. The Morgan fingerprint density at radius 2 is 1.80 bits per heavy atom. The van der Waals surface area contributed by atoms with Gasteiger partial charge in [0.05, 0.1) is 5.56 Å². The second-order valence-corrected chi connectivity index (χ2v) is 7.58. The van der Waals surface area contributed by atoms with E-state index in [-0.39, 0.29) is 12.0 Å². The van der Waals surface area contributed by atoms with Crippen LogP contribution < -0.4 is 10.2 Å². The molecule has 2 aliphatic rings. The summed E-state index contributed by atoms with van der Waals surface area (Å²) in [5.41, 5.74) is 1.36. The Balaban J connectivity index is 1.63. The predicted octanol–water partition coefficient (Wildman–Crippen LogP) is 1.61. The summed E-state index contributed by atoms with van der Waals surface area (Å²) in [4.78, 5) is 18.0. The van der Waals surface area contributed by atoms with Gasteiger partial charge >= 0.3 is 0 Å². The molecule has 0 aliphatic carbocycles. The molecule has 156 valence electrons. The van der Waals surface area contributed by atoms with Gasteiger partial charge in [-0.3, -0.25) is 5.01 Å². The molecule has 4 rings (SSSR count). The van der Waals surface area contributed by atoms with Crippen LogP contribution in [0.3, 0.4) is 0 Å². The molecule has 1 N–H and O–H groups in total. The minimum Gasteiger partial charge on any atom is -0.338 e. The lowest BCUT2D eigenvalue weighted by Crippen LogP contribution is -2.45. The predicted molar refractivity (Wildman–Crippen MR) is 115 cm³/mol. The number of benzene rings is 1. The van der Waals surface area contributed by atoms with Crippen molar-refractivity contribution in [2.24, 2.45) is 5.10 Å². The van der Waals surface area contributed by atoms with Gasteiger partial charge in [0.2, 0.25) is 17.7 Å². The maximum Gasteiger partial charge on any atom is 0.231 e. The standard InChI is InChI=1S/C21H25FN8/c1-15-14-19(29(3)27-15)25-20-23-18(9-8-16-6-4-5-7-17(16)22)24-21(26-20)30-12-10-28(2)11-13-30/h4-7,19H,10-14H2,1-3H3,(H,23,24,25,26). The first-order chi connectivity index (χ1) is 14.5. The molecule has 8 nitrogen and oxygen atoms in total. The molecule has 1 aromatic carbocycles. The second kappa shape index (κ2) is 8.63. The van der Waals surface area contributed by atoms with Gasteiger partial charge in [-0.1, -0.05) is 18.1 Å². The number of hydrogen-bond acceptors (Lipinski definition) is 8. The van der Waals surface area contributed by atoms with Crippen molar-refractivity contribution < 1.29 is 4.39 Å². The fraction of sp³-hybridized carbons (Fsp3) is 0.429. The molecule has 1 unspecified atom stereocenters. The van der Waals surface area contributed by atoms with Gasteiger partial charge in [-0.25, -0.2) is 4.39 Å². The normalized spacial score (nSPS) is 19.3. The van der Waals surface area contributed by atoms with Crippen molar-refractivity contribution in [1.82, 2.24) is 24.9 Å². The third-order valence-electron chi connectivity index (χ3n) is 5.16. The summed E-state index contributed by atoms with van der Waals surface area (Å²) in [5, 5.41) is 9.62. The van der Waals surface area contributed by atoms with Crippen LogP contribution in [0.1, 0.15) is 24.7 Å².